The lowest BCUT2D eigenvalue weighted by molar-refractivity contribution is 0.0109. The summed E-state index contributed by atoms with van der Waals surface area (Å²) in [7, 11) is 0. The number of rotatable bonds is 3. The molecular weight excluding hydrogens is 252 g/mol. The monoisotopic (exact) mass is 268 g/mol. The van der Waals surface area contributed by atoms with Crippen molar-refractivity contribution in [3.63, 3.8) is 0 Å². The lowest BCUT2D eigenvalue weighted by Crippen LogP contribution is -2.35. The number of esters is 1. The SMILES string of the molecule is CCOC(=O)c1nc2n(c(=O)c1O)CCOC2CC. The molecule has 0 spiro atoms. The highest BCUT2D eigenvalue weighted by atomic mass is 16.5. The standard InChI is InChI=1S/C12H16N2O5/c1-3-7-10-13-8(12(17)18-4-2)9(15)11(16)14(10)5-6-19-7/h7,15H,3-6H2,1-2H3. The van der Waals surface area contributed by atoms with Crippen molar-refractivity contribution in [1.82, 2.24) is 9.55 Å². The molecule has 0 amide bonds. The Morgan fingerprint density at radius 1 is 1.58 bits per heavy atom. The van der Waals surface area contributed by atoms with Crippen molar-refractivity contribution < 1.29 is 19.4 Å². The first kappa shape index (κ1) is 13.5. The topological polar surface area (TPSA) is 90.7 Å². The highest BCUT2D eigenvalue weighted by molar-refractivity contribution is 5.89. The Morgan fingerprint density at radius 2 is 2.32 bits per heavy atom. The maximum absolute atomic E-state index is 12.0. The van der Waals surface area contributed by atoms with Gasteiger partial charge in [-0.1, -0.05) is 6.92 Å². The molecular formula is C12H16N2O5. The Hall–Kier alpha value is -1.89. The minimum absolute atomic E-state index is 0.145. The summed E-state index contributed by atoms with van der Waals surface area (Å²) in [6.45, 7) is 4.37. The van der Waals surface area contributed by atoms with E-state index in [1.807, 2.05) is 6.92 Å². The van der Waals surface area contributed by atoms with Crippen LogP contribution in [-0.4, -0.2) is 33.8 Å². The largest absolute Gasteiger partial charge is 0.501 e. The van der Waals surface area contributed by atoms with Gasteiger partial charge in [-0.25, -0.2) is 9.78 Å². The zero-order valence-electron chi connectivity index (χ0n) is 10.9. The van der Waals surface area contributed by atoms with Gasteiger partial charge in [0, 0.05) is 0 Å². The van der Waals surface area contributed by atoms with Gasteiger partial charge in [-0.05, 0) is 13.3 Å². The van der Waals surface area contributed by atoms with Gasteiger partial charge in [0.05, 0.1) is 19.8 Å². The van der Waals surface area contributed by atoms with Crippen LogP contribution in [0.2, 0.25) is 0 Å². The number of ether oxygens (including phenoxy) is 2. The molecule has 0 radical (unpaired) electrons. The number of hydrogen-bond donors (Lipinski definition) is 1. The average Bonchev–Trinajstić information content (AvgIpc) is 2.42. The summed E-state index contributed by atoms with van der Waals surface area (Å²) < 4.78 is 11.6. The van der Waals surface area contributed by atoms with Crippen molar-refractivity contribution in [1.29, 1.82) is 0 Å². The molecule has 0 saturated carbocycles. The number of aromatic nitrogens is 2. The fourth-order valence-corrected chi connectivity index (χ4v) is 2.03. The molecule has 19 heavy (non-hydrogen) atoms. The summed E-state index contributed by atoms with van der Waals surface area (Å²) in [6, 6.07) is 0. The van der Waals surface area contributed by atoms with Crippen molar-refractivity contribution in [2.24, 2.45) is 0 Å². The van der Waals surface area contributed by atoms with Crippen LogP contribution in [0.25, 0.3) is 0 Å². The van der Waals surface area contributed by atoms with Crippen LogP contribution in [-0.2, 0) is 16.0 Å². The van der Waals surface area contributed by atoms with Crippen LogP contribution >= 0.6 is 0 Å². The van der Waals surface area contributed by atoms with Gasteiger partial charge in [-0.15, -0.1) is 0 Å². The maximum Gasteiger partial charge on any atom is 0.361 e. The second kappa shape index (κ2) is 5.40. The van der Waals surface area contributed by atoms with E-state index in [0.717, 1.165) is 0 Å². The molecule has 0 bridgehead atoms. The van der Waals surface area contributed by atoms with Crippen LogP contribution in [0.15, 0.2) is 4.79 Å². The predicted molar refractivity (Wildman–Crippen MR) is 65.1 cm³/mol. The van der Waals surface area contributed by atoms with E-state index < -0.39 is 17.3 Å². The molecule has 7 nitrogen and oxygen atoms in total. The third-order valence-corrected chi connectivity index (χ3v) is 2.94. The molecule has 1 unspecified atom stereocenters. The molecule has 0 aliphatic carbocycles. The van der Waals surface area contributed by atoms with Gasteiger partial charge < -0.3 is 14.6 Å². The molecule has 2 rings (SSSR count). The van der Waals surface area contributed by atoms with E-state index in [1.165, 1.54) is 4.57 Å². The smallest absolute Gasteiger partial charge is 0.361 e. The van der Waals surface area contributed by atoms with Crippen LogP contribution in [0.3, 0.4) is 0 Å². The number of nitrogens with zero attached hydrogens (tertiary/aromatic N) is 2. The number of fused-ring (bicyclic) bond motifs is 1. The number of hydrogen-bond acceptors (Lipinski definition) is 6. The summed E-state index contributed by atoms with van der Waals surface area (Å²) >= 11 is 0. The van der Waals surface area contributed by atoms with Crippen molar-refractivity contribution in [2.45, 2.75) is 32.9 Å². The zero-order chi connectivity index (χ0) is 14.0. The second-order valence-electron chi connectivity index (χ2n) is 4.11. The number of aromatic hydroxyl groups is 1. The van der Waals surface area contributed by atoms with E-state index in [2.05, 4.69) is 4.98 Å². The van der Waals surface area contributed by atoms with Gasteiger partial charge >= 0.3 is 5.97 Å². The third-order valence-electron chi connectivity index (χ3n) is 2.94. The van der Waals surface area contributed by atoms with E-state index in [4.69, 9.17) is 9.47 Å². The summed E-state index contributed by atoms with van der Waals surface area (Å²) in [5.41, 5.74) is -0.975. The van der Waals surface area contributed by atoms with Gasteiger partial charge in [-0.2, -0.15) is 0 Å². The lowest BCUT2D eigenvalue weighted by Gasteiger charge is -2.25. The van der Waals surface area contributed by atoms with E-state index >= 15 is 0 Å². The second-order valence-corrected chi connectivity index (χ2v) is 4.11. The van der Waals surface area contributed by atoms with Gasteiger partial charge in [0.25, 0.3) is 5.56 Å². The summed E-state index contributed by atoms with van der Waals surface area (Å²) in [5, 5.41) is 9.77. The Bertz CT molecular complexity index is 552. The molecule has 0 saturated heterocycles. The van der Waals surface area contributed by atoms with Gasteiger partial charge in [-0.3, -0.25) is 9.36 Å². The lowest BCUT2D eigenvalue weighted by atomic mass is 10.2. The van der Waals surface area contributed by atoms with Crippen LogP contribution in [0.5, 0.6) is 5.75 Å². The highest BCUT2D eigenvalue weighted by Crippen LogP contribution is 2.24. The van der Waals surface area contributed by atoms with Crippen molar-refractivity contribution in [3.8, 4) is 5.75 Å². The highest BCUT2D eigenvalue weighted by Gasteiger charge is 2.28. The van der Waals surface area contributed by atoms with Crippen LogP contribution in [0.4, 0.5) is 0 Å². The Balaban J connectivity index is 2.56. The molecule has 1 N–H and O–H groups in total. The van der Waals surface area contributed by atoms with E-state index in [0.29, 0.717) is 25.4 Å². The fraction of sp³-hybridized carbons (Fsp3) is 0.583. The van der Waals surface area contributed by atoms with E-state index in [1.54, 1.807) is 6.92 Å². The van der Waals surface area contributed by atoms with E-state index in [-0.39, 0.29) is 18.4 Å². The molecule has 1 aliphatic rings. The first-order chi connectivity index (χ1) is 9.10. The average molecular weight is 268 g/mol. The molecule has 1 aromatic rings. The minimum atomic E-state index is -0.805. The van der Waals surface area contributed by atoms with Crippen molar-refractivity contribution in [2.75, 3.05) is 13.2 Å². The normalized spacial score (nSPS) is 17.9. The Kier molecular flexibility index (Phi) is 3.84. The molecule has 7 heteroatoms. The van der Waals surface area contributed by atoms with Crippen LogP contribution in [0.1, 0.15) is 42.7 Å². The number of carbonyl (C=O) groups is 1. The molecule has 2 heterocycles. The summed E-state index contributed by atoms with van der Waals surface area (Å²) in [5.74, 6) is -1.11. The van der Waals surface area contributed by atoms with Crippen molar-refractivity contribution >= 4 is 5.97 Å². The van der Waals surface area contributed by atoms with Crippen LogP contribution in [0, 0.1) is 0 Å². The zero-order valence-corrected chi connectivity index (χ0v) is 10.9. The predicted octanol–water partition coefficient (Wildman–Crippen LogP) is 0.607. The molecule has 1 aliphatic heterocycles. The Morgan fingerprint density at radius 3 is 2.95 bits per heavy atom. The molecule has 1 aromatic heterocycles. The summed E-state index contributed by atoms with van der Waals surface area (Å²) in [6.07, 6.45) is 0.273. The minimum Gasteiger partial charge on any atom is -0.501 e. The fourth-order valence-electron chi connectivity index (χ4n) is 2.03. The van der Waals surface area contributed by atoms with Gasteiger partial charge in [0.15, 0.2) is 5.69 Å². The quantitative estimate of drug-likeness (QED) is 0.807. The molecule has 0 fully saturated rings. The molecule has 1 atom stereocenters. The molecule has 0 aromatic carbocycles. The Labute approximate surface area is 109 Å². The third kappa shape index (κ3) is 2.33. The first-order valence-electron chi connectivity index (χ1n) is 6.22. The van der Waals surface area contributed by atoms with Crippen molar-refractivity contribution in [3.05, 3.63) is 21.9 Å². The first-order valence-corrected chi connectivity index (χ1v) is 6.22. The molecule has 104 valence electrons. The van der Waals surface area contributed by atoms with Gasteiger partial charge in [0.1, 0.15) is 11.9 Å². The van der Waals surface area contributed by atoms with Gasteiger partial charge in [0.2, 0.25) is 5.75 Å². The number of carbonyl (C=O) groups excluding carboxylic acids is 1. The van der Waals surface area contributed by atoms with E-state index in [9.17, 15) is 14.7 Å². The maximum atomic E-state index is 12.0. The summed E-state index contributed by atoms with van der Waals surface area (Å²) in [4.78, 5) is 27.7. The van der Waals surface area contributed by atoms with Crippen LogP contribution < -0.4 is 5.56 Å².